The van der Waals surface area contributed by atoms with Crippen LogP contribution in [0.4, 0.5) is 13.2 Å². The van der Waals surface area contributed by atoms with Crippen LogP contribution in [-0.2, 0) is 19.7 Å². The molecule has 3 N–H and O–H groups in total. The number of hydrogen-bond donors (Lipinski definition) is 3. The Labute approximate surface area is 288 Å². The molecule has 48 heavy (non-hydrogen) atoms. The van der Waals surface area contributed by atoms with E-state index in [0.717, 1.165) is 94.0 Å². The van der Waals surface area contributed by atoms with E-state index in [1.807, 2.05) is 65.0 Å². The van der Waals surface area contributed by atoms with Crippen LogP contribution in [0.25, 0.3) is 5.57 Å². The maximum Gasteiger partial charge on any atom is 0.405 e. The van der Waals surface area contributed by atoms with Crippen molar-refractivity contribution in [1.29, 1.82) is 0 Å². The number of unbranched alkanes of at least 4 members (excludes halogenated alkanes) is 1. The molecule has 0 saturated heterocycles. The summed E-state index contributed by atoms with van der Waals surface area (Å²) in [5, 5.41) is 12.2. The van der Waals surface area contributed by atoms with Gasteiger partial charge < -0.3 is 25.4 Å². The Bertz CT molecular complexity index is 1160. The smallest absolute Gasteiger partial charge is 0.405 e. The summed E-state index contributed by atoms with van der Waals surface area (Å²) in [6.45, 7) is 13.7. The van der Waals surface area contributed by atoms with Crippen molar-refractivity contribution in [2.24, 2.45) is 0 Å². The number of alkyl halides is 3. The highest BCUT2D eigenvalue weighted by Gasteiger charge is 2.50. The summed E-state index contributed by atoms with van der Waals surface area (Å²) in [5.74, 6) is 0.0707. The predicted molar refractivity (Wildman–Crippen MR) is 192 cm³/mol. The van der Waals surface area contributed by atoms with E-state index in [2.05, 4.69) is 22.5 Å². The van der Waals surface area contributed by atoms with Gasteiger partial charge in [-0.1, -0.05) is 71.4 Å². The molecule has 2 aliphatic rings. The van der Waals surface area contributed by atoms with E-state index >= 15 is 0 Å². The monoisotopic (exact) mass is 681 g/mol. The summed E-state index contributed by atoms with van der Waals surface area (Å²) in [6, 6.07) is 7.78. The molecule has 0 aromatic heterocycles. The van der Waals surface area contributed by atoms with Crippen molar-refractivity contribution in [2.45, 2.75) is 111 Å². The van der Waals surface area contributed by atoms with Gasteiger partial charge in [0.2, 0.25) is 11.8 Å². The number of carbonyl (C=O) groups is 2. The highest BCUT2D eigenvalue weighted by atomic mass is 19.4. The van der Waals surface area contributed by atoms with Crippen LogP contribution in [0.3, 0.4) is 0 Å². The second kappa shape index (κ2) is 24.9. The van der Waals surface area contributed by atoms with Crippen LogP contribution in [0.1, 0.15) is 110 Å². The Kier molecular flexibility index (Phi) is 23.3. The zero-order valence-electron chi connectivity index (χ0n) is 30.7. The maximum absolute atomic E-state index is 13.7. The predicted octanol–water partition coefficient (Wildman–Crippen LogP) is 8.10. The van der Waals surface area contributed by atoms with Gasteiger partial charge >= 0.3 is 6.18 Å². The van der Waals surface area contributed by atoms with Gasteiger partial charge in [-0.15, -0.1) is 0 Å². The van der Waals surface area contributed by atoms with E-state index in [9.17, 15) is 22.8 Å². The van der Waals surface area contributed by atoms with E-state index in [1.165, 1.54) is 0 Å². The minimum atomic E-state index is -4.46. The molecule has 0 bridgehead atoms. The van der Waals surface area contributed by atoms with E-state index in [1.54, 1.807) is 19.3 Å². The van der Waals surface area contributed by atoms with Crippen LogP contribution < -0.4 is 10.6 Å². The van der Waals surface area contributed by atoms with Gasteiger partial charge in [0.1, 0.15) is 12.3 Å². The zero-order valence-corrected chi connectivity index (χ0v) is 30.7. The molecule has 0 spiro atoms. The molecule has 1 atom stereocenters. The van der Waals surface area contributed by atoms with E-state index in [4.69, 9.17) is 9.84 Å². The SMILES string of the molecule is C/C=C\C(=C/CC(=O)NCCCN(CC)CCCCC1(C(=O)NCC(F)(F)F)C2=C(CCCC2)c2ccccc21)OC.CC.CC.CO. The fraction of sp³-hybridized carbons (Fsp3) is 0.632. The van der Waals surface area contributed by atoms with Gasteiger partial charge in [0.15, 0.2) is 0 Å². The molecule has 0 aliphatic heterocycles. The zero-order chi connectivity index (χ0) is 36.6. The molecule has 1 aromatic rings. The highest BCUT2D eigenvalue weighted by molar-refractivity contribution is 6.00. The molecule has 1 unspecified atom stereocenters. The molecular weight excluding hydrogens is 619 g/mol. The van der Waals surface area contributed by atoms with Gasteiger partial charge in [0, 0.05) is 20.1 Å². The average molecular weight is 682 g/mol. The number of fused-ring (bicyclic) bond motifs is 2. The molecule has 0 heterocycles. The number of nitrogens with one attached hydrogen (secondary N) is 2. The molecule has 7 nitrogen and oxygen atoms in total. The number of ether oxygens (including phenoxy) is 1. The number of rotatable bonds is 16. The first-order chi connectivity index (χ1) is 23.2. The Balaban J connectivity index is 0.00000348. The van der Waals surface area contributed by atoms with Crippen molar-refractivity contribution in [2.75, 3.05) is 46.9 Å². The van der Waals surface area contributed by atoms with Crippen LogP contribution >= 0.6 is 0 Å². The number of allylic oxidation sites excluding steroid dienone is 3. The lowest BCUT2D eigenvalue weighted by atomic mass is 9.70. The Morgan fingerprint density at radius 2 is 1.65 bits per heavy atom. The summed E-state index contributed by atoms with van der Waals surface area (Å²) in [5.41, 5.74) is 3.03. The first kappa shape index (κ1) is 44.9. The number of aliphatic hydroxyl groups is 1. The first-order valence-electron chi connectivity index (χ1n) is 17.6. The lowest BCUT2D eigenvalue weighted by Gasteiger charge is -2.34. The van der Waals surface area contributed by atoms with Gasteiger partial charge in [-0.3, -0.25) is 9.59 Å². The number of carbonyl (C=O) groups excluding carboxylic acids is 2. The van der Waals surface area contributed by atoms with Gasteiger partial charge in [0.25, 0.3) is 0 Å². The fourth-order valence-electron chi connectivity index (χ4n) is 6.28. The fourth-order valence-corrected chi connectivity index (χ4v) is 6.28. The minimum absolute atomic E-state index is 0.0561. The van der Waals surface area contributed by atoms with Crippen molar-refractivity contribution in [1.82, 2.24) is 15.5 Å². The molecule has 3 rings (SSSR count). The third kappa shape index (κ3) is 13.8. The standard InChI is InChI=1S/C33H46F3N3O3.2C2H6.CH4O/c1-4-13-25(42-3)18-19-30(40)37-21-12-23-39(5-2)22-11-10-20-32(31(41)38-24-33(34,35)36)28-16-8-6-14-26(28)27-15-7-9-17-29(27)32;3*1-2/h4,6,8,13-14,16,18H,5,7,9-12,15,17,19-24H2,1-3H3,(H,37,40)(H,38,41);2*1-2H3;2H,1H3/b13-4-,25-18+;;;. The Morgan fingerprint density at radius 1 is 1.00 bits per heavy atom. The van der Waals surface area contributed by atoms with Crippen molar-refractivity contribution < 1.29 is 32.6 Å². The molecule has 2 amide bonds. The number of amides is 2. The second-order valence-corrected chi connectivity index (χ2v) is 11.0. The average Bonchev–Trinajstić information content (AvgIpc) is 3.41. The van der Waals surface area contributed by atoms with Crippen LogP contribution in [0.2, 0.25) is 0 Å². The lowest BCUT2D eigenvalue weighted by Crippen LogP contribution is -2.48. The van der Waals surface area contributed by atoms with Gasteiger partial charge in [-0.2, -0.15) is 13.2 Å². The normalized spacial score (nSPS) is 16.8. The molecule has 0 saturated carbocycles. The molecule has 0 radical (unpaired) electrons. The van der Waals surface area contributed by atoms with Gasteiger partial charge in [-0.05, 0) is 106 Å². The molecule has 0 fully saturated rings. The largest absolute Gasteiger partial charge is 0.497 e. The number of aliphatic hydroxyl groups excluding tert-OH is 1. The second-order valence-electron chi connectivity index (χ2n) is 11.0. The quantitative estimate of drug-likeness (QED) is 0.0932. The molecule has 10 heteroatoms. The highest BCUT2D eigenvalue weighted by Crippen LogP contribution is 2.54. The van der Waals surface area contributed by atoms with E-state index in [0.29, 0.717) is 18.7 Å². The summed E-state index contributed by atoms with van der Waals surface area (Å²) in [6.07, 6.45) is 7.63. The van der Waals surface area contributed by atoms with Gasteiger partial charge in [-0.25, -0.2) is 0 Å². The van der Waals surface area contributed by atoms with Crippen LogP contribution in [0.15, 0.2) is 53.8 Å². The van der Waals surface area contributed by atoms with Crippen molar-refractivity contribution >= 4 is 17.4 Å². The summed E-state index contributed by atoms with van der Waals surface area (Å²) in [4.78, 5) is 28.1. The third-order valence-electron chi connectivity index (χ3n) is 8.28. The molecule has 1 aromatic carbocycles. The summed E-state index contributed by atoms with van der Waals surface area (Å²) >= 11 is 0. The number of halogens is 3. The minimum Gasteiger partial charge on any atom is -0.497 e. The summed E-state index contributed by atoms with van der Waals surface area (Å²) < 4.78 is 44.5. The Morgan fingerprint density at radius 3 is 2.27 bits per heavy atom. The topological polar surface area (TPSA) is 90.9 Å². The maximum atomic E-state index is 13.7. The van der Waals surface area contributed by atoms with Crippen molar-refractivity contribution in [3.8, 4) is 0 Å². The van der Waals surface area contributed by atoms with E-state index in [-0.39, 0.29) is 12.3 Å². The molecule has 274 valence electrons. The number of nitrogens with zero attached hydrogens (tertiary/aromatic N) is 1. The first-order valence-corrected chi connectivity index (χ1v) is 17.6. The Hall–Kier alpha value is -3.11. The van der Waals surface area contributed by atoms with Crippen LogP contribution in [0.5, 0.6) is 0 Å². The van der Waals surface area contributed by atoms with Crippen LogP contribution in [0, 0.1) is 0 Å². The van der Waals surface area contributed by atoms with Crippen molar-refractivity contribution in [3.05, 3.63) is 65.0 Å². The third-order valence-corrected chi connectivity index (χ3v) is 8.28. The number of benzene rings is 1. The molecular formula is C38H62F3N3O4. The van der Waals surface area contributed by atoms with Crippen LogP contribution in [-0.4, -0.2) is 74.9 Å². The molecule has 2 aliphatic carbocycles. The van der Waals surface area contributed by atoms with Gasteiger partial charge in [0.05, 0.1) is 12.5 Å². The lowest BCUT2D eigenvalue weighted by molar-refractivity contribution is -0.141. The van der Waals surface area contributed by atoms with Crippen molar-refractivity contribution in [3.63, 3.8) is 0 Å². The number of hydrogen-bond acceptors (Lipinski definition) is 5. The summed E-state index contributed by atoms with van der Waals surface area (Å²) in [7, 11) is 2.57. The van der Waals surface area contributed by atoms with E-state index < -0.39 is 24.0 Å². The number of methoxy groups -OCH3 is 1.